The fourth-order valence-electron chi connectivity index (χ4n) is 9.03. The number of carboxylic acid groups (broad SMARTS) is 1. The van der Waals surface area contributed by atoms with Crippen molar-refractivity contribution in [3.63, 3.8) is 0 Å². The fourth-order valence-corrected chi connectivity index (χ4v) is 9.03. The smallest absolute Gasteiger partial charge is 0.322 e. The summed E-state index contributed by atoms with van der Waals surface area (Å²) in [5.74, 6) is 3.23. The largest absolute Gasteiger partial charge is 0.480 e. The fraction of sp³-hybridized carbons (Fsp3) is 0.923. The van der Waals surface area contributed by atoms with Crippen molar-refractivity contribution in [3.8, 4) is 0 Å². The topological polar surface area (TPSA) is 86.6 Å². The minimum atomic E-state index is -0.986. The number of aliphatic carboxylic acids is 1. The molecule has 5 unspecified atom stereocenters. The van der Waals surface area contributed by atoms with E-state index in [1.54, 1.807) is 0 Å². The molecule has 31 heavy (non-hydrogen) atoms. The summed E-state index contributed by atoms with van der Waals surface area (Å²) in [5, 5.41) is 21.5. The van der Waals surface area contributed by atoms with Crippen molar-refractivity contribution in [2.45, 2.75) is 97.5 Å². The summed E-state index contributed by atoms with van der Waals surface area (Å²) in [7, 11) is 0. The van der Waals surface area contributed by atoms with Crippen LogP contribution in [-0.2, 0) is 9.59 Å². The summed E-state index contributed by atoms with van der Waals surface area (Å²) in [6, 6.07) is 0. The molecule has 0 aliphatic heterocycles. The highest BCUT2D eigenvalue weighted by Gasteiger charge is 2.60. The summed E-state index contributed by atoms with van der Waals surface area (Å²) in [6.45, 7) is 7.13. The third-order valence-corrected chi connectivity index (χ3v) is 10.7. The van der Waals surface area contributed by atoms with E-state index in [-0.39, 0.29) is 18.6 Å². The van der Waals surface area contributed by atoms with Crippen LogP contribution >= 0.6 is 0 Å². The Hall–Kier alpha value is -1.10. The van der Waals surface area contributed by atoms with Crippen LogP contribution in [0, 0.1) is 46.3 Å². The first-order valence-corrected chi connectivity index (χ1v) is 12.8. The molecule has 0 heterocycles. The summed E-state index contributed by atoms with van der Waals surface area (Å²) >= 11 is 0. The second-order valence-electron chi connectivity index (χ2n) is 12.0. The molecule has 0 bridgehead atoms. The molecule has 0 aromatic heterocycles. The summed E-state index contributed by atoms with van der Waals surface area (Å²) in [6.07, 6.45) is 12.3. The van der Waals surface area contributed by atoms with Crippen LogP contribution in [0.25, 0.3) is 0 Å². The van der Waals surface area contributed by atoms with Crippen molar-refractivity contribution >= 4 is 11.9 Å². The molecule has 4 aliphatic carbocycles. The van der Waals surface area contributed by atoms with E-state index in [0.29, 0.717) is 35.0 Å². The molecule has 0 aromatic carbocycles. The van der Waals surface area contributed by atoms with Crippen molar-refractivity contribution in [2.24, 2.45) is 46.3 Å². The molecule has 176 valence electrons. The normalized spacial score (nSPS) is 45.2. The lowest BCUT2D eigenvalue weighted by Gasteiger charge is -2.61. The number of aliphatic hydroxyl groups excluding tert-OH is 1. The molecule has 1 amide bonds. The van der Waals surface area contributed by atoms with Gasteiger partial charge in [0.25, 0.3) is 0 Å². The van der Waals surface area contributed by atoms with Gasteiger partial charge in [0.1, 0.15) is 6.54 Å². The van der Waals surface area contributed by atoms with Crippen LogP contribution in [0.1, 0.15) is 91.4 Å². The number of carbonyl (C=O) groups excluding carboxylic acids is 1. The predicted molar refractivity (Wildman–Crippen MR) is 120 cm³/mol. The van der Waals surface area contributed by atoms with Gasteiger partial charge < -0.3 is 15.5 Å². The molecule has 0 saturated heterocycles. The molecule has 4 fully saturated rings. The van der Waals surface area contributed by atoms with Crippen LogP contribution in [0.4, 0.5) is 0 Å². The van der Waals surface area contributed by atoms with Crippen molar-refractivity contribution in [1.82, 2.24) is 5.32 Å². The van der Waals surface area contributed by atoms with E-state index in [4.69, 9.17) is 5.11 Å². The van der Waals surface area contributed by atoms with E-state index in [1.165, 1.54) is 44.9 Å². The molecule has 0 spiro atoms. The minimum absolute atomic E-state index is 0.0760. The summed E-state index contributed by atoms with van der Waals surface area (Å²) in [4.78, 5) is 22.7. The molecule has 0 aromatic rings. The Morgan fingerprint density at radius 2 is 1.71 bits per heavy atom. The highest BCUT2D eigenvalue weighted by atomic mass is 16.4. The lowest BCUT2D eigenvalue weighted by molar-refractivity contribution is -0.138. The number of nitrogens with one attached hydrogen (secondary N) is 1. The van der Waals surface area contributed by atoms with Crippen molar-refractivity contribution in [3.05, 3.63) is 0 Å². The molecule has 5 heteroatoms. The maximum Gasteiger partial charge on any atom is 0.322 e. The van der Waals surface area contributed by atoms with Gasteiger partial charge in [-0.1, -0.05) is 20.8 Å². The van der Waals surface area contributed by atoms with Gasteiger partial charge in [0, 0.05) is 6.42 Å². The van der Waals surface area contributed by atoms with Gasteiger partial charge in [-0.2, -0.15) is 0 Å². The van der Waals surface area contributed by atoms with Gasteiger partial charge in [0.15, 0.2) is 0 Å². The number of carbonyl (C=O) groups is 2. The summed E-state index contributed by atoms with van der Waals surface area (Å²) < 4.78 is 0. The van der Waals surface area contributed by atoms with Crippen LogP contribution in [0.2, 0.25) is 0 Å². The van der Waals surface area contributed by atoms with Gasteiger partial charge >= 0.3 is 5.97 Å². The van der Waals surface area contributed by atoms with Gasteiger partial charge in [0.05, 0.1) is 6.10 Å². The number of hydrogen-bond donors (Lipinski definition) is 3. The van der Waals surface area contributed by atoms with E-state index in [0.717, 1.165) is 37.0 Å². The van der Waals surface area contributed by atoms with Crippen LogP contribution in [0.15, 0.2) is 0 Å². The first kappa shape index (κ1) is 23.1. The van der Waals surface area contributed by atoms with E-state index >= 15 is 0 Å². The summed E-state index contributed by atoms with van der Waals surface area (Å²) in [5.41, 5.74) is 0.810. The zero-order valence-electron chi connectivity index (χ0n) is 19.7. The average molecular weight is 434 g/mol. The molecule has 5 nitrogen and oxygen atoms in total. The second kappa shape index (κ2) is 8.68. The van der Waals surface area contributed by atoms with E-state index in [1.807, 2.05) is 0 Å². The second-order valence-corrected chi connectivity index (χ2v) is 12.0. The van der Waals surface area contributed by atoms with Gasteiger partial charge in [-0.3, -0.25) is 9.59 Å². The van der Waals surface area contributed by atoms with Crippen molar-refractivity contribution in [2.75, 3.05) is 6.54 Å². The maximum absolute atomic E-state index is 12.0. The molecule has 0 radical (unpaired) electrons. The number of aliphatic hydroxyl groups is 1. The Bertz CT molecular complexity index is 695. The molecule has 9 atom stereocenters. The Balaban J connectivity index is 1.40. The van der Waals surface area contributed by atoms with Crippen LogP contribution in [0.3, 0.4) is 0 Å². The average Bonchev–Trinajstić information content (AvgIpc) is 3.08. The standard InChI is InChI=1S/C26H43NO4/c1-16(4-9-23(29)27-15-24(30)31)20-7-8-21-19-6-5-17-14-18(28)10-12-25(17,2)22(19)11-13-26(20,21)3/h16-22,28H,4-15H2,1-3H3,(H,27,29)(H,30,31)/t16?,17-,18-,19?,20?,21?,22?,25+,26-/m1/s1. The first-order chi connectivity index (χ1) is 14.6. The Morgan fingerprint density at radius 3 is 2.45 bits per heavy atom. The SMILES string of the molecule is CC(CCC(=O)NCC(=O)O)C1CCC2C3CC[C@@H]4C[C@H](O)CC[C@]4(C)C3CC[C@]12C. The maximum atomic E-state index is 12.0. The highest BCUT2D eigenvalue weighted by molar-refractivity contribution is 5.81. The molecule has 4 rings (SSSR count). The number of hydrogen-bond acceptors (Lipinski definition) is 3. The highest BCUT2D eigenvalue weighted by Crippen LogP contribution is 2.68. The Kier molecular flexibility index (Phi) is 6.46. The predicted octanol–water partition coefficient (Wildman–Crippen LogP) is 4.62. The van der Waals surface area contributed by atoms with E-state index in [9.17, 15) is 14.7 Å². The zero-order chi connectivity index (χ0) is 22.4. The van der Waals surface area contributed by atoms with Gasteiger partial charge in [-0.05, 0) is 111 Å². The molecule has 4 saturated carbocycles. The Morgan fingerprint density at radius 1 is 1.00 bits per heavy atom. The third kappa shape index (κ3) is 4.16. The first-order valence-electron chi connectivity index (χ1n) is 12.8. The van der Waals surface area contributed by atoms with Crippen LogP contribution in [0.5, 0.6) is 0 Å². The Labute approximate surface area is 187 Å². The van der Waals surface area contributed by atoms with Gasteiger partial charge in [0.2, 0.25) is 5.91 Å². The van der Waals surface area contributed by atoms with Crippen molar-refractivity contribution < 1.29 is 19.8 Å². The van der Waals surface area contributed by atoms with Gasteiger partial charge in [-0.25, -0.2) is 0 Å². The number of rotatable bonds is 6. The monoisotopic (exact) mass is 433 g/mol. The van der Waals surface area contributed by atoms with Crippen LogP contribution in [-0.4, -0.2) is 34.7 Å². The lowest BCUT2D eigenvalue weighted by atomic mass is 9.44. The lowest BCUT2D eigenvalue weighted by Crippen LogP contribution is -2.54. The minimum Gasteiger partial charge on any atom is -0.480 e. The van der Waals surface area contributed by atoms with Gasteiger partial charge in [-0.15, -0.1) is 0 Å². The third-order valence-electron chi connectivity index (χ3n) is 10.7. The van der Waals surface area contributed by atoms with Crippen molar-refractivity contribution in [1.29, 1.82) is 0 Å². The van der Waals surface area contributed by atoms with E-state index < -0.39 is 5.97 Å². The molecular formula is C26H43NO4. The number of amides is 1. The number of fused-ring (bicyclic) bond motifs is 5. The van der Waals surface area contributed by atoms with Crippen LogP contribution < -0.4 is 5.32 Å². The quantitative estimate of drug-likeness (QED) is 0.570. The number of carboxylic acids is 1. The zero-order valence-corrected chi connectivity index (χ0v) is 19.7. The molecule has 3 N–H and O–H groups in total. The molecule has 4 aliphatic rings. The molecular weight excluding hydrogens is 390 g/mol. The van der Waals surface area contributed by atoms with E-state index in [2.05, 4.69) is 26.1 Å².